The maximum Gasteiger partial charge on any atom is 0.223 e. The minimum atomic E-state index is 0. The summed E-state index contributed by atoms with van der Waals surface area (Å²) < 4.78 is 0. The number of hydrogen-bond donors (Lipinski definition) is 2. The third kappa shape index (κ3) is 2.90. The van der Waals surface area contributed by atoms with Crippen LogP contribution >= 0.6 is 24.0 Å². The molecule has 2 rings (SSSR count). The van der Waals surface area contributed by atoms with Crippen LogP contribution in [-0.4, -0.2) is 25.5 Å². The van der Waals surface area contributed by atoms with E-state index in [0.717, 1.165) is 32.4 Å². The fraction of sp³-hybridized carbons (Fsp3) is 0.727. The van der Waals surface area contributed by atoms with Crippen molar-refractivity contribution in [2.45, 2.75) is 19.3 Å². The van der Waals surface area contributed by atoms with Crippen LogP contribution in [0.2, 0.25) is 0 Å². The van der Waals surface area contributed by atoms with Crippen molar-refractivity contribution >= 4 is 29.9 Å². The number of carbonyl (C=O) groups is 1. The molecular formula is C11H18Cl2N2O. The highest BCUT2D eigenvalue weighted by atomic mass is 35.5. The molecule has 16 heavy (non-hydrogen) atoms. The average molecular weight is 265 g/mol. The fourth-order valence-electron chi connectivity index (χ4n) is 2.50. The number of rotatable bonds is 3. The number of hydrogen-bond acceptors (Lipinski definition) is 2. The lowest BCUT2D eigenvalue weighted by atomic mass is 9.92. The number of nitrogens with one attached hydrogen (secondary N) is 2. The monoisotopic (exact) mass is 264 g/mol. The lowest BCUT2D eigenvalue weighted by molar-refractivity contribution is -0.123. The molecule has 2 N–H and O–H groups in total. The SMILES string of the molecule is C=C(Cl)CNC(=O)C1CC12CCNCC2.Cl. The molecule has 1 saturated carbocycles. The third-order valence-corrected chi connectivity index (χ3v) is 3.69. The van der Waals surface area contributed by atoms with Crippen LogP contribution in [0, 0.1) is 11.3 Å². The predicted molar refractivity (Wildman–Crippen MR) is 67.9 cm³/mol. The highest BCUT2D eigenvalue weighted by Gasteiger charge is 2.57. The van der Waals surface area contributed by atoms with Gasteiger partial charge in [-0.05, 0) is 37.8 Å². The molecule has 0 aromatic carbocycles. The van der Waals surface area contributed by atoms with E-state index in [4.69, 9.17) is 11.6 Å². The summed E-state index contributed by atoms with van der Waals surface area (Å²) in [5.74, 6) is 0.370. The molecule has 1 aliphatic heterocycles. The Hall–Kier alpha value is -0.250. The quantitative estimate of drug-likeness (QED) is 0.815. The summed E-state index contributed by atoms with van der Waals surface area (Å²) in [6.45, 7) is 6.04. The van der Waals surface area contributed by atoms with Crippen molar-refractivity contribution in [1.82, 2.24) is 10.6 Å². The lowest BCUT2D eigenvalue weighted by Gasteiger charge is -2.23. The molecule has 5 heteroatoms. The molecule has 0 aromatic rings. The first-order chi connectivity index (χ1) is 7.14. The van der Waals surface area contributed by atoms with Gasteiger partial charge in [0, 0.05) is 11.0 Å². The zero-order chi connectivity index (χ0) is 10.9. The molecule has 92 valence electrons. The Labute approximate surface area is 107 Å². The summed E-state index contributed by atoms with van der Waals surface area (Å²) in [7, 11) is 0. The molecule has 0 radical (unpaired) electrons. The summed E-state index contributed by atoms with van der Waals surface area (Å²) in [5.41, 5.74) is 0.309. The third-order valence-electron chi connectivity index (χ3n) is 3.56. The van der Waals surface area contributed by atoms with Gasteiger partial charge in [0.2, 0.25) is 5.91 Å². The number of halogens is 2. The molecule has 1 amide bonds. The molecule has 1 saturated heterocycles. The van der Waals surface area contributed by atoms with E-state index in [1.807, 2.05) is 0 Å². The highest BCUT2D eigenvalue weighted by molar-refractivity contribution is 6.29. The second-order valence-electron chi connectivity index (χ2n) is 4.60. The average Bonchev–Trinajstić information content (AvgIpc) is 2.90. The van der Waals surface area contributed by atoms with Gasteiger partial charge in [0.25, 0.3) is 0 Å². The van der Waals surface area contributed by atoms with Crippen LogP contribution in [-0.2, 0) is 4.79 Å². The fourth-order valence-corrected chi connectivity index (χ4v) is 2.57. The van der Waals surface area contributed by atoms with Gasteiger partial charge < -0.3 is 10.6 Å². The topological polar surface area (TPSA) is 41.1 Å². The molecule has 2 fully saturated rings. The van der Waals surface area contributed by atoms with Gasteiger partial charge in [-0.1, -0.05) is 18.2 Å². The highest BCUT2D eigenvalue weighted by Crippen LogP contribution is 2.58. The Kier molecular flexibility index (Phi) is 4.65. The van der Waals surface area contributed by atoms with Gasteiger partial charge in [-0.2, -0.15) is 0 Å². The van der Waals surface area contributed by atoms with Crippen molar-refractivity contribution in [2.24, 2.45) is 11.3 Å². The molecular weight excluding hydrogens is 247 g/mol. The van der Waals surface area contributed by atoms with Gasteiger partial charge in [-0.25, -0.2) is 0 Å². The second kappa shape index (κ2) is 5.39. The van der Waals surface area contributed by atoms with Gasteiger partial charge in [0.1, 0.15) is 0 Å². The standard InChI is InChI=1S/C11H17ClN2O.ClH/c1-8(12)7-14-10(15)9-6-11(9)2-4-13-5-3-11;/h9,13H,1-7H2,(H,14,15);1H. The van der Waals surface area contributed by atoms with E-state index < -0.39 is 0 Å². The molecule has 0 bridgehead atoms. The van der Waals surface area contributed by atoms with Crippen LogP contribution in [0.3, 0.4) is 0 Å². The van der Waals surface area contributed by atoms with Crippen molar-refractivity contribution in [2.75, 3.05) is 19.6 Å². The molecule has 1 unspecified atom stereocenters. The van der Waals surface area contributed by atoms with E-state index in [2.05, 4.69) is 17.2 Å². The van der Waals surface area contributed by atoms with Crippen LogP contribution in [0.1, 0.15) is 19.3 Å². The number of amides is 1. The molecule has 3 nitrogen and oxygen atoms in total. The Morgan fingerprint density at radius 3 is 2.69 bits per heavy atom. The zero-order valence-corrected chi connectivity index (χ0v) is 10.8. The van der Waals surface area contributed by atoms with Crippen LogP contribution in [0.5, 0.6) is 0 Å². The minimum Gasteiger partial charge on any atom is -0.351 e. The van der Waals surface area contributed by atoms with Crippen molar-refractivity contribution in [1.29, 1.82) is 0 Å². The van der Waals surface area contributed by atoms with Crippen LogP contribution in [0.15, 0.2) is 11.6 Å². The Bertz CT molecular complexity index is 288. The molecule has 1 aliphatic carbocycles. The summed E-state index contributed by atoms with van der Waals surface area (Å²) in [6.07, 6.45) is 3.31. The van der Waals surface area contributed by atoms with E-state index in [0.29, 0.717) is 17.0 Å². The van der Waals surface area contributed by atoms with Crippen molar-refractivity contribution < 1.29 is 4.79 Å². The minimum absolute atomic E-state index is 0. The zero-order valence-electron chi connectivity index (χ0n) is 9.22. The van der Waals surface area contributed by atoms with Crippen molar-refractivity contribution in [3.63, 3.8) is 0 Å². The number of carbonyl (C=O) groups excluding carboxylic acids is 1. The maximum atomic E-state index is 11.8. The Balaban J connectivity index is 0.00000128. The predicted octanol–water partition coefficient (Wildman–Crippen LogP) is 1.67. The van der Waals surface area contributed by atoms with Crippen LogP contribution in [0.25, 0.3) is 0 Å². The van der Waals surface area contributed by atoms with Gasteiger partial charge in [0.15, 0.2) is 0 Å². The summed E-state index contributed by atoms with van der Waals surface area (Å²) in [5, 5.41) is 6.64. The van der Waals surface area contributed by atoms with Crippen molar-refractivity contribution in [3.8, 4) is 0 Å². The van der Waals surface area contributed by atoms with Gasteiger partial charge in [0.05, 0.1) is 6.54 Å². The molecule has 0 aromatic heterocycles. The normalized spacial score (nSPS) is 25.7. The lowest BCUT2D eigenvalue weighted by Crippen LogP contribution is -2.34. The molecule has 1 atom stereocenters. The van der Waals surface area contributed by atoms with Crippen LogP contribution < -0.4 is 10.6 Å². The first-order valence-corrected chi connectivity index (χ1v) is 5.84. The van der Waals surface area contributed by atoms with E-state index in [1.165, 1.54) is 0 Å². The second-order valence-corrected chi connectivity index (χ2v) is 5.14. The van der Waals surface area contributed by atoms with Crippen molar-refractivity contribution in [3.05, 3.63) is 11.6 Å². The number of piperidine rings is 1. The maximum absolute atomic E-state index is 11.8. The molecule has 2 aliphatic rings. The van der Waals surface area contributed by atoms with Gasteiger partial charge in [-0.3, -0.25) is 4.79 Å². The largest absolute Gasteiger partial charge is 0.351 e. The summed E-state index contributed by atoms with van der Waals surface area (Å²) in [6, 6.07) is 0. The van der Waals surface area contributed by atoms with Gasteiger partial charge in [-0.15, -0.1) is 12.4 Å². The molecule has 1 heterocycles. The summed E-state index contributed by atoms with van der Waals surface area (Å²) >= 11 is 5.61. The van der Waals surface area contributed by atoms with E-state index >= 15 is 0 Å². The van der Waals surface area contributed by atoms with Gasteiger partial charge >= 0.3 is 0 Å². The van der Waals surface area contributed by atoms with E-state index in [1.54, 1.807) is 0 Å². The Morgan fingerprint density at radius 1 is 1.50 bits per heavy atom. The first kappa shape index (κ1) is 13.8. The smallest absolute Gasteiger partial charge is 0.223 e. The molecule has 1 spiro atoms. The van der Waals surface area contributed by atoms with E-state index in [9.17, 15) is 4.79 Å². The van der Waals surface area contributed by atoms with Crippen LogP contribution in [0.4, 0.5) is 0 Å². The summed E-state index contributed by atoms with van der Waals surface area (Å²) in [4.78, 5) is 11.8. The first-order valence-electron chi connectivity index (χ1n) is 5.46. The Morgan fingerprint density at radius 2 is 2.12 bits per heavy atom. The van der Waals surface area contributed by atoms with E-state index in [-0.39, 0.29) is 24.2 Å².